The SMILES string of the molecule is CNC(C)c1nnc(C2C3CC4CC(C3)CC2C4)o1. The highest BCUT2D eigenvalue weighted by molar-refractivity contribution is 5.08. The number of aromatic nitrogens is 2. The number of hydrogen-bond acceptors (Lipinski definition) is 4. The third-order valence-corrected chi connectivity index (χ3v) is 5.77. The van der Waals surface area contributed by atoms with Crippen molar-refractivity contribution < 1.29 is 4.42 Å². The molecule has 19 heavy (non-hydrogen) atoms. The maximum atomic E-state index is 5.98. The Labute approximate surface area is 114 Å². The first-order valence-electron chi connectivity index (χ1n) is 7.75. The highest BCUT2D eigenvalue weighted by atomic mass is 16.4. The van der Waals surface area contributed by atoms with E-state index in [4.69, 9.17) is 4.42 Å². The van der Waals surface area contributed by atoms with E-state index in [9.17, 15) is 0 Å². The first-order valence-corrected chi connectivity index (χ1v) is 7.75. The van der Waals surface area contributed by atoms with Crippen LogP contribution in [0.15, 0.2) is 4.42 Å². The predicted molar refractivity (Wildman–Crippen MR) is 71.6 cm³/mol. The summed E-state index contributed by atoms with van der Waals surface area (Å²) in [5, 5.41) is 11.8. The zero-order chi connectivity index (χ0) is 13.0. The van der Waals surface area contributed by atoms with Crippen LogP contribution in [0.3, 0.4) is 0 Å². The third kappa shape index (κ3) is 1.83. The lowest BCUT2D eigenvalue weighted by Crippen LogP contribution is -2.43. The molecule has 4 heteroatoms. The fourth-order valence-corrected chi connectivity index (χ4v) is 5.01. The van der Waals surface area contributed by atoms with Crippen LogP contribution < -0.4 is 5.32 Å². The van der Waals surface area contributed by atoms with Gasteiger partial charge in [0.1, 0.15) is 0 Å². The van der Waals surface area contributed by atoms with Gasteiger partial charge in [-0.25, -0.2) is 0 Å². The summed E-state index contributed by atoms with van der Waals surface area (Å²) >= 11 is 0. The second kappa shape index (κ2) is 4.30. The molecule has 1 atom stereocenters. The summed E-state index contributed by atoms with van der Waals surface area (Å²) in [5.74, 6) is 5.84. The number of nitrogens with zero attached hydrogens (tertiary/aromatic N) is 2. The smallest absolute Gasteiger partial charge is 0.233 e. The van der Waals surface area contributed by atoms with E-state index in [0.717, 1.165) is 35.5 Å². The Hall–Kier alpha value is -0.900. The van der Waals surface area contributed by atoms with Crippen molar-refractivity contribution in [2.24, 2.45) is 23.7 Å². The molecule has 0 aliphatic heterocycles. The van der Waals surface area contributed by atoms with Crippen LogP contribution in [0.2, 0.25) is 0 Å². The topological polar surface area (TPSA) is 51.0 Å². The molecule has 1 heterocycles. The summed E-state index contributed by atoms with van der Waals surface area (Å²) < 4.78 is 5.98. The molecule has 0 amide bonds. The number of nitrogens with one attached hydrogen (secondary N) is 1. The van der Waals surface area contributed by atoms with E-state index in [1.54, 1.807) is 0 Å². The lowest BCUT2D eigenvalue weighted by molar-refractivity contribution is -0.0119. The van der Waals surface area contributed by atoms with Crippen LogP contribution in [0.25, 0.3) is 0 Å². The van der Waals surface area contributed by atoms with Gasteiger partial charge in [0.25, 0.3) is 0 Å². The summed E-state index contributed by atoms with van der Waals surface area (Å²) in [6.07, 6.45) is 7.09. The van der Waals surface area contributed by atoms with Crippen molar-refractivity contribution in [3.05, 3.63) is 11.8 Å². The van der Waals surface area contributed by atoms with Crippen LogP contribution >= 0.6 is 0 Å². The molecule has 4 bridgehead atoms. The Kier molecular flexibility index (Phi) is 2.69. The summed E-state index contributed by atoms with van der Waals surface area (Å²) in [6, 6.07) is 0.151. The molecule has 5 rings (SSSR count). The standard InChI is InChI=1S/C15H23N3O/c1-8(16-2)14-17-18-15(19-14)13-11-4-9-3-10(6-11)7-12(13)5-9/h8-13,16H,3-7H2,1-2H3. The molecule has 0 saturated heterocycles. The molecule has 1 aromatic rings. The summed E-state index contributed by atoms with van der Waals surface area (Å²) in [7, 11) is 1.93. The molecule has 1 N–H and O–H groups in total. The Morgan fingerprint density at radius 1 is 1.05 bits per heavy atom. The molecule has 4 nitrogen and oxygen atoms in total. The highest BCUT2D eigenvalue weighted by Gasteiger charge is 2.50. The van der Waals surface area contributed by atoms with Crippen LogP contribution in [0.4, 0.5) is 0 Å². The lowest BCUT2D eigenvalue weighted by atomic mass is 9.52. The van der Waals surface area contributed by atoms with E-state index in [1.807, 2.05) is 7.05 Å². The molecule has 4 saturated carbocycles. The maximum absolute atomic E-state index is 5.98. The Bertz CT molecular complexity index is 442. The van der Waals surface area contributed by atoms with Gasteiger partial charge in [0.2, 0.25) is 11.8 Å². The van der Waals surface area contributed by atoms with Crippen molar-refractivity contribution in [2.75, 3.05) is 7.05 Å². The fourth-order valence-electron chi connectivity index (χ4n) is 5.01. The van der Waals surface area contributed by atoms with Gasteiger partial charge in [0.15, 0.2) is 0 Å². The van der Waals surface area contributed by atoms with Crippen LogP contribution in [0.1, 0.15) is 62.8 Å². The fraction of sp³-hybridized carbons (Fsp3) is 0.867. The van der Waals surface area contributed by atoms with Crippen LogP contribution in [-0.2, 0) is 0 Å². The summed E-state index contributed by atoms with van der Waals surface area (Å²) in [5.41, 5.74) is 0. The van der Waals surface area contributed by atoms with Crippen LogP contribution in [-0.4, -0.2) is 17.2 Å². The van der Waals surface area contributed by atoms with Gasteiger partial charge in [-0.05, 0) is 69.7 Å². The van der Waals surface area contributed by atoms with Gasteiger partial charge in [-0.2, -0.15) is 0 Å². The van der Waals surface area contributed by atoms with Crippen molar-refractivity contribution in [3.8, 4) is 0 Å². The van der Waals surface area contributed by atoms with E-state index < -0.39 is 0 Å². The van der Waals surface area contributed by atoms with Gasteiger partial charge >= 0.3 is 0 Å². The molecule has 104 valence electrons. The van der Waals surface area contributed by atoms with Gasteiger partial charge in [-0.3, -0.25) is 0 Å². The van der Waals surface area contributed by atoms with Gasteiger partial charge in [-0.15, -0.1) is 10.2 Å². The highest BCUT2D eigenvalue weighted by Crippen LogP contribution is 2.59. The van der Waals surface area contributed by atoms with E-state index in [0.29, 0.717) is 5.92 Å². The molecule has 4 aliphatic rings. The number of rotatable bonds is 3. The first-order chi connectivity index (χ1) is 9.24. The Morgan fingerprint density at radius 3 is 2.26 bits per heavy atom. The second-order valence-electron chi connectivity index (χ2n) is 6.95. The van der Waals surface area contributed by atoms with Crippen LogP contribution in [0, 0.1) is 23.7 Å². The average molecular weight is 261 g/mol. The van der Waals surface area contributed by atoms with E-state index in [1.165, 1.54) is 32.1 Å². The molecule has 0 radical (unpaired) electrons. The van der Waals surface area contributed by atoms with Crippen molar-refractivity contribution >= 4 is 0 Å². The monoisotopic (exact) mass is 261 g/mol. The van der Waals surface area contributed by atoms with E-state index in [-0.39, 0.29) is 6.04 Å². The molecule has 0 aromatic carbocycles. The molecule has 4 fully saturated rings. The van der Waals surface area contributed by atoms with Crippen molar-refractivity contribution in [3.63, 3.8) is 0 Å². The zero-order valence-electron chi connectivity index (χ0n) is 11.8. The minimum Gasteiger partial charge on any atom is -0.423 e. The van der Waals surface area contributed by atoms with Crippen molar-refractivity contribution in [2.45, 2.75) is 51.0 Å². The molecular weight excluding hydrogens is 238 g/mol. The maximum Gasteiger partial charge on any atom is 0.233 e. The Balaban J connectivity index is 1.60. The Morgan fingerprint density at radius 2 is 1.68 bits per heavy atom. The van der Waals surface area contributed by atoms with E-state index in [2.05, 4.69) is 22.4 Å². The average Bonchev–Trinajstić information content (AvgIpc) is 2.86. The normalized spacial score (nSPS) is 41.7. The number of hydrogen-bond donors (Lipinski definition) is 1. The largest absolute Gasteiger partial charge is 0.423 e. The zero-order valence-corrected chi connectivity index (χ0v) is 11.8. The summed E-state index contributed by atoms with van der Waals surface area (Å²) in [6.45, 7) is 2.06. The summed E-state index contributed by atoms with van der Waals surface area (Å²) in [4.78, 5) is 0. The second-order valence-corrected chi connectivity index (χ2v) is 6.95. The molecule has 4 aliphatic carbocycles. The van der Waals surface area contributed by atoms with E-state index >= 15 is 0 Å². The van der Waals surface area contributed by atoms with Crippen LogP contribution in [0.5, 0.6) is 0 Å². The van der Waals surface area contributed by atoms with Gasteiger partial charge in [0.05, 0.1) is 6.04 Å². The van der Waals surface area contributed by atoms with Gasteiger partial charge in [-0.1, -0.05) is 0 Å². The molecule has 0 spiro atoms. The minimum atomic E-state index is 0.151. The van der Waals surface area contributed by atoms with Gasteiger partial charge in [0, 0.05) is 5.92 Å². The third-order valence-electron chi connectivity index (χ3n) is 5.77. The van der Waals surface area contributed by atoms with Crippen molar-refractivity contribution in [1.82, 2.24) is 15.5 Å². The predicted octanol–water partition coefficient (Wildman–Crippen LogP) is 2.89. The molecular formula is C15H23N3O. The van der Waals surface area contributed by atoms with Gasteiger partial charge < -0.3 is 9.73 Å². The van der Waals surface area contributed by atoms with Crippen molar-refractivity contribution in [1.29, 1.82) is 0 Å². The lowest BCUT2D eigenvalue weighted by Gasteiger charge is -2.53. The quantitative estimate of drug-likeness (QED) is 0.909. The minimum absolute atomic E-state index is 0.151. The molecule has 1 aromatic heterocycles. The molecule has 1 unspecified atom stereocenters. The first kappa shape index (κ1) is 11.9.